The zero-order chi connectivity index (χ0) is 18.6. The van der Waals surface area contributed by atoms with Crippen LogP contribution in [0.1, 0.15) is 24.6 Å². The standard InChI is InChI=1S/C20H15N3O3S/c1-13(19-22-23-20(26-19)17-7-4-12-27-17)25-18(24)11-10-15-9-8-14-5-2-3-6-16(14)21-15/h2-13H,1H3/b11-10+. The van der Waals surface area contributed by atoms with Gasteiger partial charge in [0.25, 0.3) is 11.8 Å². The minimum Gasteiger partial charge on any atom is -0.449 e. The van der Waals surface area contributed by atoms with Crippen molar-refractivity contribution in [1.29, 1.82) is 0 Å². The first-order valence-corrected chi connectivity index (χ1v) is 9.19. The molecule has 0 aliphatic heterocycles. The zero-order valence-electron chi connectivity index (χ0n) is 14.4. The molecule has 1 unspecified atom stereocenters. The number of benzene rings is 1. The van der Waals surface area contributed by atoms with Crippen molar-refractivity contribution < 1.29 is 13.9 Å². The van der Waals surface area contributed by atoms with Crippen molar-refractivity contribution in [2.45, 2.75) is 13.0 Å². The van der Waals surface area contributed by atoms with Gasteiger partial charge in [-0.25, -0.2) is 9.78 Å². The first kappa shape index (κ1) is 17.1. The number of fused-ring (bicyclic) bond motifs is 1. The van der Waals surface area contributed by atoms with Crippen LogP contribution in [0.2, 0.25) is 0 Å². The Morgan fingerprint density at radius 3 is 2.89 bits per heavy atom. The number of para-hydroxylation sites is 1. The number of rotatable bonds is 5. The summed E-state index contributed by atoms with van der Waals surface area (Å²) in [6.07, 6.45) is 2.31. The predicted molar refractivity (Wildman–Crippen MR) is 103 cm³/mol. The van der Waals surface area contributed by atoms with Crippen LogP contribution in [0.5, 0.6) is 0 Å². The third-order valence-corrected chi connectivity index (χ3v) is 4.68. The van der Waals surface area contributed by atoms with Crippen LogP contribution in [0.3, 0.4) is 0 Å². The van der Waals surface area contributed by atoms with Crippen LogP contribution in [-0.4, -0.2) is 21.2 Å². The van der Waals surface area contributed by atoms with Crippen molar-refractivity contribution in [3.8, 4) is 10.8 Å². The Morgan fingerprint density at radius 1 is 1.15 bits per heavy atom. The highest BCUT2D eigenvalue weighted by Crippen LogP contribution is 2.25. The summed E-state index contributed by atoms with van der Waals surface area (Å²) in [5, 5.41) is 10.9. The van der Waals surface area contributed by atoms with Crippen LogP contribution in [0.15, 0.2) is 64.4 Å². The van der Waals surface area contributed by atoms with E-state index in [1.54, 1.807) is 13.0 Å². The number of hydrogen-bond acceptors (Lipinski definition) is 7. The number of hydrogen-bond donors (Lipinski definition) is 0. The third kappa shape index (κ3) is 3.93. The van der Waals surface area contributed by atoms with Crippen LogP contribution in [-0.2, 0) is 9.53 Å². The molecule has 0 amide bonds. The van der Waals surface area contributed by atoms with Gasteiger partial charge in [0.1, 0.15) is 0 Å². The number of pyridine rings is 1. The molecule has 6 nitrogen and oxygen atoms in total. The van der Waals surface area contributed by atoms with E-state index in [1.807, 2.05) is 53.9 Å². The third-order valence-electron chi connectivity index (χ3n) is 3.82. The average Bonchev–Trinajstić information content (AvgIpc) is 3.37. The summed E-state index contributed by atoms with van der Waals surface area (Å²) >= 11 is 1.50. The summed E-state index contributed by atoms with van der Waals surface area (Å²) in [5.41, 5.74) is 1.55. The van der Waals surface area contributed by atoms with Crippen molar-refractivity contribution in [3.63, 3.8) is 0 Å². The van der Waals surface area contributed by atoms with Gasteiger partial charge in [0, 0.05) is 11.5 Å². The maximum absolute atomic E-state index is 12.1. The summed E-state index contributed by atoms with van der Waals surface area (Å²) in [5.74, 6) is 0.163. The lowest BCUT2D eigenvalue weighted by Gasteiger charge is -2.06. The van der Waals surface area contributed by atoms with Gasteiger partial charge in [-0.3, -0.25) is 0 Å². The Labute approximate surface area is 159 Å². The molecule has 0 fully saturated rings. The zero-order valence-corrected chi connectivity index (χ0v) is 15.2. The second-order valence-electron chi connectivity index (χ2n) is 5.76. The van der Waals surface area contributed by atoms with E-state index in [9.17, 15) is 4.79 Å². The van der Waals surface area contributed by atoms with Crippen molar-refractivity contribution in [2.24, 2.45) is 0 Å². The lowest BCUT2D eigenvalue weighted by molar-refractivity contribution is -0.143. The monoisotopic (exact) mass is 377 g/mol. The fourth-order valence-electron chi connectivity index (χ4n) is 2.49. The Morgan fingerprint density at radius 2 is 2.04 bits per heavy atom. The van der Waals surface area contributed by atoms with Gasteiger partial charge in [0.2, 0.25) is 0 Å². The molecule has 1 aromatic carbocycles. The van der Waals surface area contributed by atoms with Crippen molar-refractivity contribution >= 4 is 34.3 Å². The first-order chi connectivity index (χ1) is 13.2. The predicted octanol–water partition coefficient (Wildman–Crippen LogP) is 4.66. The van der Waals surface area contributed by atoms with Crippen molar-refractivity contribution in [2.75, 3.05) is 0 Å². The smallest absolute Gasteiger partial charge is 0.331 e. The molecule has 0 bridgehead atoms. The van der Waals surface area contributed by atoms with Gasteiger partial charge in [-0.05, 0) is 36.6 Å². The number of carbonyl (C=O) groups excluding carboxylic acids is 1. The van der Waals surface area contributed by atoms with Crippen molar-refractivity contribution in [1.82, 2.24) is 15.2 Å². The quantitative estimate of drug-likeness (QED) is 0.372. The van der Waals surface area contributed by atoms with Gasteiger partial charge < -0.3 is 9.15 Å². The highest BCUT2D eigenvalue weighted by atomic mass is 32.1. The van der Waals surface area contributed by atoms with Crippen LogP contribution < -0.4 is 0 Å². The lowest BCUT2D eigenvalue weighted by Crippen LogP contribution is -2.06. The largest absolute Gasteiger partial charge is 0.449 e. The molecular formula is C20H15N3O3S. The summed E-state index contributed by atoms with van der Waals surface area (Å²) in [6, 6.07) is 15.4. The Bertz CT molecular complexity index is 1100. The van der Waals surface area contributed by atoms with E-state index < -0.39 is 12.1 Å². The summed E-state index contributed by atoms with van der Waals surface area (Å²) < 4.78 is 10.9. The number of thiophene rings is 1. The molecule has 3 aromatic heterocycles. The molecule has 4 aromatic rings. The number of ether oxygens (including phenoxy) is 1. The molecule has 4 rings (SSSR count). The van der Waals surface area contributed by atoms with Crippen LogP contribution in [0.4, 0.5) is 0 Å². The Hall–Kier alpha value is -3.32. The van der Waals surface area contributed by atoms with Gasteiger partial charge in [-0.1, -0.05) is 30.3 Å². The molecule has 3 heterocycles. The Kier molecular flexibility index (Phi) is 4.76. The maximum Gasteiger partial charge on any atom is 0.331 e. The van der Waals surface area contributed by atoms with E-state index in [0.717, 1.165) is 15.8 Å². The van der Waals surface area contributed by atoms with Gasteiger partial charge in [-0.2, -0.15) is 0 Å². The molecular weight excluding hydrogens is 362 g/mol. The normalized spacial score (nSPS) is 12.5. The fourth-order valence-corrected chi connectivity index (χ4v) is 3.13. The van der Waals surface area contributed by atoms with Crippen LogP contribution in [0, 0.1) is 0 Å². The molecule has 134 valence electrons. The van der Waals surface area contributed by atoms with E-state index >= 15 is 0 Å². The molecule has 27 heavy (non-hydrogen) atoms. The van der Waals surface area contributed by atoms with E-state index in [4.69, 9.17) is 9.15 Å². The molecule has 7 heteroatoms. The fraction of sp³-hybridized carbons (Fsp3) is 0.100. The van der Waals surface area contributed by atoms with E-state index in [1.165, 1.54) is 17.4 Å². The van der Waals surface area contributed by atoms with Crippen LogP contribution >= 0.6 is 11.3 Å². The van der Waals surface area contributed by atoms with Gasteiger partial charge in [0.15, 0.2) is 6.10 Å². The number of esters is 1. The molecule has 0 aliphatic carbocycles. The van der Waals surface area contributed by atoms with E-state index in [2.05, 4.69) is 15.2 Å². The van der Waals surface area contributed by atoms with Crippen LogP contribution in [0.25, 0.3) is 27.7 Å². The lowest BCUT2D eigenvalue weighted by atomic mass is 10.2. The molecule has 0 saturated heterocycles. The Balaban J connectivity index is 1.41. The second kappa shape index (κ2) is 7.51. The summed E-state index contributed by atoms with van der Waals surface area (Å²) in [4.78, 5) is 17.4. The highest BCUT2D eigenvalue weighted by Gasteiger charge is 2.18. The summed E-state index contributed by atoms with van der Waals surface area (Å²) in [7, 11) is 0. The molecule has 0 radical (unpaired) electrons. The molecule has 1 atom stereocenters. The summed E-state index contributed by atoms with van der Waals surface area (Å²) in [6.45, 7) is 1.69. The first-order valence-electron chi connectivity index (χ1n) is 8.31. The van der Waals surface area contributed by atoms with E-state index in [0.29, 0.717) is 11.6 Å². The number of aromatic nitrogens is 3. The number of carbonyl (C=O) groups is 1. The molecule has 0 N–H and O–H groups in total. The van der Waals surface area contributed by atoms with Gasteiger partial charge in [0.05, 0.1) is 16.1 Å². The average molecular weight is 377 g/mol. The van der Waals surface area contributed by atoms with Gasteiger partial charge in [-0.15, -0.1) is 21.5 Å². The van der Waals surface area contributed by atoms with Crippen molar-refractivity contribution in [3.05, 3.63) is 71.6 Å². The highest BCUT2D eigenvalue weighted by molar-refractivity contribution is 7.13. The maximum atomic E-state index is 12.1. The topological polar surface area (TPSA) is 78.1 Å². The molecule has 0 saturated carbocycles. The minimum absolute atomic E-state index is 0.254. The molecule has 0 spiro atoms. The van der Waals surface area contributed by atoms with Gasteiger partial charge >= 0.3 is 5.97 Å². The number of nitrogens with zero attached hydrogens (tertiary/aromatic N) is 3. The SMILES string of the molecule is CC(OC(=O)/C=C/c1ccc2ccccc2n1)c1nnc(-c2cccs2)o1. The molecule has 0 aliphatic rings. The minimum atomic E-state index is -0.645. The van der Waals surface area contributed by atoms with E-state index in [-0.39, 0.29) is 5.89 Å². The second-order valence-corrected chi connectivity index (χ2v) is 6.71.